The molecular formula is C28H30N6O3. The number of hydrogen-bond acceptors (Lipinski definition) is 7. The van der Waals surface area contributed by atoms with Crippen LogP contribution in [0.4, 0.5) is 0 Å². The minimum absolute atomic E-state index is 0.0716. The van der Waals surface area contributed by atoms with E-state index in [4.69, 9.17) is 9.72 Å². The van der Waals surface area contributed by atoms with E-state index in [2.05, 4.69) is 32.2 Å². The second kappa shape index (κ2) is 9.91. The Kier molecular flexibility index (Phi) is 6.31. The fourth-order valence-electron chi connectivity index (χ4n) is 5.72. The number of nitrogens with zero attached hydrogens (tertiary/aromatic N) is 5. The number of aliphatic hydroxyl groups is 1. The second-order valence-corrected chi connectivity index (χ2v) is 9.92. The van der Waals surface area contributed by atoms with Gasteiger partial charge < -0.3 is 14.7 Å². The molecule has 2 aliphatic heterocycles. The number of piperidine rings is 1. The Hall–Kier alpha value is -3.82. The highest BCUT2D eigenvalue weighted by molar-refractivity contribution is 5.80. The van der Waals surface area contributed by atoms with Gasteiger partial charge in [0.15, 0.2) is 0 Å². The lowest BCUT2D eigenvalue weighted by Crippen LogP contribution is -2.54. The van der Waals surface area contributed by atoms with Crippen molar-refractivity contribution in [3.8, 4) is 22.9 Å². The number of H-pyrrole nitrogens is 1. The average Bonchev–Trinajstić information content (AvgIpc) is 3.61. The number of carbonyl (C=O) groups is 1. The summed E-state index contributed by atoms with van der Waals surface area (Å²) >= 11 is 0. The quantitative estimate of drug-likeness (QED) is 0.417. The summed E-state index contributed by atoms with van der Waals surface area (Å²) in [6, 6.07) is 15.7. The van der Waals surface area contributed by atoms with Crippen LogP contribution in [0.3, 0.4) is 0 Å². The van der Waals surface area contributed by atoms with E-state index in [0.29, 0.717) is 11.6 Å². The maximum absolute atomic E-state index is 12.2. The van der Waals surface area contributed by atoms with Gasteiger partial charge >= 0.3 is 0 Å². The number of aromatic nitrogens is 4. The first-order valence-electron chi connectivity index (χ1n) is 12.8. The molecule has 4 aromatic rings. The molecule has 190 valence electrons. The molecule has 1 amide bonds. The molecule has 0 aliphatic carbocycles. The number of likely N-dealkylation sites (tertiary alicyclic amines) is 2. The molecular weight excluding hydrogens is 468 g/mol. The third-order valence-electron chi connectivity index (χ3n) is 7.69. The molecule has 0 bridgehead atoms. The van der Waals surface area contributed by atoms with Crippen LogP contribution in [0.5, 0.6) is 11.6 Å². The summed E-state index contributed by atoms with van der Waals surface area (Å²) in [4.78, 5) is 25.8. The van der Waals surface area contributed by atoms with Gasteiger partial charge in [-0.2, -0.15) is 5.10 Å². The van der Waals surface area contributed by atoms with Gasteiger partial charge in [0.1, 0.15) is 12.4 Å². The fraction of sp³-hybridized carbons (Fsp3) is 0.357. The van der Waals surface area contributed by atoms with Crippen molar-refractivity contribution in [1.82, 2.24) is 30.0 Å². The highest BCUT2D eigenvalue weighted by Gasteiger charge is 2.44. The van der Waals surface area contributed by atoms with Crippen molar-refractivity contribution in [2.24, 2.45) is 0 Å². The number of fused-ring (bicyclic) bond motifs is 1. The Morgan fingerprint density at radius 2 is 1.95 bits per heavy atom. The largest absolute Gasteiger partial charge is 0.439 e. The van der Waals surface area contributed by atoms with E-state index >= 15 is 0 Å². The van der Waals surface area contributed by atoms with Crippen molar-refractivity contribution in [3.05, 3.63) is 66.6 Å². The molecule has 2 aliphatic rings. The predicted molar refractivity (Wildman–Crippen MR) is 139 cm³/mol. The third kappa shape index (κ3) is 4.80. The number of amides is 1. The van der Waals surface area contributed by atoms with Gasteiger partial charge in [-0.3, -0.25) is 19.8 Å². The molecule has 2 N–H and O–H groups in total. The second-order valence-electron chi connectivity index (χ2n) is 9.92. The third-order valence-corrected chi connectivity index (χ3v) is 7.69. The average molecular weight is 499 g/mol. The molecule has 9 nitrogen and oxygen atoms in total. The molecule has 0 radical (unpaired) electrons. The van der Waals surface area contributed by atoms with Crippen LogP contribution in [0.25, 0.3) is 22.2 Å². The molecule has 3 aromatic heterocycles. The number of benzene rings is 1. The topological polar surface area (TPSA) is 107 Å². The number of nitrogens with one attached hydrogen (secondary N) is 1. The fourth-order valence-corrected chi connectivity index (χ4v) is 5.72. The Labute approximate surface area is 215 Å². The predicted octanol–water partition coefficient (Wildman–Crippen LogP) is 3.76. The van der Waals surface area contributed by atoms with Gasteiger partial charge in [-0.15, -0.1) is 0 Å². The normalized spacial score (nSPS) is 17.5. The van der Waals surface area contributed by atoms with Gasteiger partial charge in [-0.1, -0.05) is 6.07 Å². The van der Waals surface area contributed by atoms with E-state index in [1.807, 2.05) is 41.3 Å². The molecule has 1 aromatic carbocycles. The van der Waals surface area contributed by atoms with E-state index < -0.39 is 6.61 Å². The SMILES string of the molecule is O=C(CO)N1CCCC12CCN(Cc1ccc3cc(Oc4ccc(-c5ccn[nH]5)cn4)ccc3n1)CC2. The Bertz CT molecular complexity index is 1380. The lowest BCUT2D eigenvalue weighted by atomic mass is 9.85. The zero-order valence-corrected chi connectivity index (χ0v) is 20.6. The molecule has 0 atom stereocenters. The Morgan fingerprint density at radius 3 is 2.70 bits per heavy atom. The molecule has 2 saturated heterocycles. The maximum atomic E-state index is 12.2. The van der Waals surface area contributed by atoms with Crippen LogP contribution in [-0.2, 0) is 11.3 Å². The van der Waals surface area contributed by atoms with Gasteiger partial charge in [-0.25, -0.2) is 4.98 Å². The maximum Gasteiger partial charge on any atom is 0.248 e. The highest BCUT2D eigenvalue weighted by atomic mass is 16.5. The van der Waals surface area contributed by atoms with Crippen LogP contribution in [0.2, 0.25) is 0 Å². The summed E-state index contributed by atoms with van der Waals surface area (Å²) in [6.45, 7) is 3.00. The minimum atomic E-state index is -0.395. The van der Waals surface area contributed by atoms with Crippen LogP contribution >= 0.6 is 0 Å². The summed E-state index contributed by atoms with van der Waals surface area (Å²) < 4.78 is 5.97. The van der Waals surface area contributed by atoms with Crippen LogP contribution in [0, 0.1) is 0 Å². The van der Waals surface area contributed by atoms with E-state index in [1.165, 1.54) is 0 Å². The van der Waals surface area contributed by atoms with Crippen molar-refractivity contribution >= 4 is 16.8 Å². The molecule has 37 heavy (non-hydrogen) atoms. The first-order valence-corrected chi connectivity index (χ1v) is 12.8. The van der Waals surface area contributed by atoms with E-state index in [-0.39, 0.29) is 11.4 Å². The zero-order valence-electron chi connectivity index (χ0n) is 20.6. The molecule has 5 heterocycles. The summed E-state index contributed by atoms with van der Waals surface area (Å²) in [7, 11) is 0. The van der Waals surface area contributed by atoms with Gasteiger partial charge in [-0.05, 0) is 62.1 Å². The number of carbonyl (C=O) groups excluding carboxylic acids is 1. The van der Waals surface area contributed by atoms with Crippen molar-refractivity contribution in [1.29, 1.82) is 0 Å². The van der Waals surface area contributed by atoms with Crippen molar-refractivity contribution in [2.45, 2.75) is 37.8 Å². The summed E-state index contributed by atoms with van der Waals surface area (Å²) in [6.07, 6.45) is 7.43. The Morgan fingerprint density at radius 1 is 1.05 bits per heavy atom. The number of aromatic amines is 1. The van der Waals surface area contributed by atoms with E-state index in [9.17, 15) is 9.90 Å². The van der Waals surface area contributed by atoms with Gasteiger partial charge in [0.05, 0.1) is 16.9 Å². The number of pyridine rings is 2. The number of ether oxygens (including phenoxy) is 1. The van der Waals surface area contributed by atoms with Crippen LogP contribution in [-0.4, -0.2) is 72.8 Å². The lowest BCUT2D eigenvalue weighted by molar-refractivity contribution is -0.140. The first-order chi connectivity index (χ1) is 18.1. The standard InChI is InChI=1S/C28H30N6O3/c35-19-27(36)34-13-1-9-28(34)10-14-33(15-11-28)18-22-4-2-20-16-23(5-6-24(20)31-22)37-26-7-3-21(17-29-26)25-8-12-30-32-25/h2-8,12,16-17,35H,1,9-11,13-15,18-19H2,(H,30,32). The lowest BCUT2D eigenvalue weighted by Gasteiger charge is -2.44. The van der Waals surface area contributed by atoms with Crippen molar-refractivity contribution in [3.63, 3.8) is 0 Å². The Balaban J connectivity index is 1.09. The van der Waals surface area contributed by atoms with Gasteiger partial charge in [0.25, 0.3) is 0 Å². The molecule has 1 spiro atoms. The monoisotopic (exact) mass is 498 g/mol. The number of rotatable bonds is 6. The van der Waals surface area contributed by atoms with Gasteiger partial charge in [0.2, 0.25) is 11.8 Å². The zero-order chi connectivity index (χ0) is 25.2. The number of aliphatic hydroxyl groups excluding tert-OH is 1. The van der Waals surface area contributed by atoms with Crippen LogP contribution in [0.1, 0.15) is 31.4 Å². The van der Waals surface area contributed by atoms with Gasteiger partial charge in [0, 0.05) is 61.1 Å². The summed E-state index contributed by atoms with van der Waals surface area (Å²) in [5.41, 5.74) is 3.74. The molecule has 6 rings (SSSR count). The minimum Gasteiger partial charge on any atom is -0.439 e. The summed E-state index contributed by atoms with van der Waals surface area (Å²) in [5.74, 6) is 1.10. The molecule has 0 unspecified atom stereocenters. The van der Waals surface area contributed by atoms with Crippen molar-refractivity contribution < 1.29 is 14.6 Å². The first kappa shape index (κ1) is 23.6. The molecule has 0 saturated carbocycles. The van der Waals surface area contributed by atoms with Crippen LogP contribution in [0.15, 0.2) is 60.9 Å². The summed E-state index contributed by atoms with van der Waals surface area (Å²) in [5, 5.41) is 17.3. The number of hydrogen-bond donors (Lipinski definition) is 2. The van der Waals surface area contributed by atoms with Crippen LogP contribution < -0.4 is 4.74 Å². The molecule has 2 fully saturated rings. The smallest absolute Gasteiger partial charge is 0.248 e. The van der Waals surface area contributed by atoms with E-state index in [0.717, 1.165) is 79.7 Å². The highest BCUT2D eigenvalue weighted by Crippen LogP contribution is 2.38. The van der Waals surface area contributed by atoms with E-state index in [1.54, 1.807) is 12.4 Å². The van der Waals surface area contributed by atoms with Crippen molar-refractivity contribution in [2.75, 3.05) is 26.2 Å². The molecule has 9 heteroatoms.